The highest BCUT2D eigenvalue weighted by Gasteiger charge is 2.30. The summed E-state index contributed by atoms with van der Waals surface area (Å²) in [7, 11) is 0. The summed E-state index contributed by atoms with van der Waals surface area (Å²) in [6.07, 6.45) is 13.9. The minimum atomic E-state index is -0.720. The Morgan fingerprint density at radius 3 is 1.55 bits per heavy atom. The summed E-state index contributed by atoms with van der Waals surface area (Å²) >= 11 is 5.80. The van der Waals surface area contributed by atoms with Gasteiger partial charge >= 0.3 is 12.2 Å². The number of hydrogen-bond donors (Lipinski definition) is 8. The minimum Gasteiger partial charge on any atom is -0.444 e. The molecule has 24 nitrogen and oxygen atoms in total. The average Bonchev–Trinajstić information content (AvgIpc) is 4.07. The fraction of sp³-hybridized carbons (Fsp3) is 0.417. The molecule has 6 aromatic heterocycles. The molecule has 8 rings (SSSR count). The minimum absolute atomic E-state index is 0.0149. The number of carbonyl (C=O) groups excluding carboxylic acids is 4. The van der Waals surface area contributed by atoms with E-state index in [0.717, 1.165) is 51.4 Å². The third-order valence-corrected chi connectivity index (χ3v) is 11.0. The molecule has 0 spiro atoms. The van der Waals surface area contributed by atoms with Gasteiger partial charge in [0.15, 0.2) is 34.0 Å². The normalized spacial score (nSPS) is 17.5. The van der Waals surface area contributed by atoms with E-state index in [0.29, 0.717) is 40.5 Å². The summed E-state index contributed by atoms with van der Waals surface area (Å²) in [5.41, 5.74) is 16.4. The lowest BCUT2D eigenvalue weighted by atomic mass is 9.90. The number of ether oxygens (including phenoxy) is 2. The van der Waals surface area contributed by atoms with E-state index in [-0.39, 0.29) is 46.8 Å². The maximum absolute atomic E-state index is 12.4. The zero-order chi connectivity index (χ0) is 52.7. The van der Waals surface area contributed by atoms with Crippen LogP contribution in [0.1, 0.15) is 114 Å². The number of carbonyl (C=O) groups is 4. The Balaban J connectivity index is 0.000000199. The van der Waals surface area contributed by atoms with E-state index in [1.807, 2.05) is 53.7 Å². The monoisotopic (exact) mass is 1020 g/mol. The van der Waals surface area contributed by atoms with E-state index in [1.165, 1.54) is 6.07 Å². The quantitative estimate of drug-likeness (QED) is 0.0650. The molecule has 2 saturated carbocycles. The van der Waals surface area contributed by atoms with Gasteiger partial charge in [-0.15, -0.1) is 20.4 Å². The topological polar surface area (TPSA) is 338 Å². The zero-order valence-electron chi connectivity index (χ0n) is 41.6. The number of pyridine rings is 2. The van der Waals surface area contributed by atoms with Crippen LogP contribution in [0.4, 0.5) is 38.4 Å². The van der Waals surface area contributed by atoms with Crippen LogP contribution in [0.15, 0.2) is 85.5 Å². The second-order valence-electron chi connectivity index (χ2n) is 19.1. The largest absolute Gasteiger partial charge is 0.444 e. The van der Waals surface area contributed by atoms with Gasteiger partial charge in [0.25, 0.3) is 11.8 Å². The van der Waals surface area contributed by atoms with Crippen molar-refractivity contribution in [2.45, 2.75) is 128 Å². The van der Waals surface area contributed by atoms with E-state index >= 15 is 0 Å². The van der Waals surface area contributed by atoms with E-state index < -0.39 is 29.1 Å². The van der Waals surface area contributed by atoms with Gasteiger partial charge in [0.1, 0.15) is 22.8 Å². The van der Waals surface area contributed by atoms with Crippen LogP contribution in [0.25, 0.3) is 11.6 Å². The highest BCUT2D eigenvalue weighted by Crippen LogP contribution is 2.27. The molecule has 0 unspecified atom stereocenters. The lowest BCUT2D eigenvalue weighted by molar-refractivity contribution is 0.0475. The van der Waals surface area contributed by atoms with Crippen LogP contribution in [0.2, 0.25) is 5.15 Å². The standard InChI is InChI=1S/C24H31N9O3.C13H10ClN7O.C11H22N2O2/c1-24(2,3)36-23(35)29-16-9-5-4-8-15(16)27-19-14-17(21(22(25)34)32-31-19)28-18-10-6-11-20(30-18)33-13-7-12-26-33;14-9-7-8(12(13(15)22)20-19-9)17-10-3-1-4-11(18-10)21-6-2-5-16-21;1-11(2,3)15-10(14)13-9-7-5-4-6-8(9)12/h6-7,10-16H,4-5,8-9H2,1-3H3,(H2,25,34)(H,29,35)(H2,27,28,30,31);1-7H,(H2,15,22)(H,17,18,19);8-9H,4-7,12H2,1-3H3,(H,13,14)/t15-,16+;;8-,9+/m1.1/s1. The molecule has 0 saturated heterocycles. The molecular weight excluding hydrogens is 960 g/mol. The molecule has 388 valence electrons. The molecule has 6 aromatic rings. The number of nitrogens with zero attached hydrogens (tertiary/aromatic N) is 10. The SMILES string of the molecule is CC(C)(C)OC(=O)N[C@H]1CCCC[C@H]1N.CC(C)(C)OC(=O)N[C@H]1CCCC[C@H]1Nc1cc(Nc2cccc(-n3cccn3)n2)c(C(N)=O)nn1.NC(=O)c1nnc(Cl)cc1Nc1cccc(-n2cccn2)n1. The highest BCUT2D eigenvalue weighted by molar-refractivity contribution is 6.29. The number of amides is 4. The summed E-state index contributed by atoms with van der Waals surface area (Å²) in [5.74, 6) is 1.18. The van der Waals surface area contributed by atoms with E-state index in [9.17, 15) is 19.2 Å². The van der Waals surface area contributed by atoms with E-state index in [1.54, 1.807) is 76.6 Å². The van der Waals surface area contributed by atoms with E-state index in [2.05, 4.69) is 67.1 Å². The summed E-state index contributed by atoms with van der Waals surface area (Å²) in [5, 5.41) is 39.1. The number of hydrogen-bond acceptors (Lipinski definition) is 18. The first-order valence-electron chi connectivity index (χ1n) is 23.7. The Kier molecular flexibility index (Phi) is 18.5. The van der Waals surface area contributed by atoms with Gasteiger partial charge in [-0.3, -0.25) is 9.59 Å². The number of anilines is 5. The van der Waals surface area contributed by atoms with Gasteiger partial charge in [0.05, 0.1) is 17.4 Å². The van der Waals surface area contributed by atoms with Gasteiger partial charge in [-0.25, -0.2) is 28.9 Å². The maximum Gasteiger partial charge on any atom is 0.407 e. The number of nitrogens with one attached hydrogen (secondary N) is 5. The van der Waals surface area contributed by atoms with Gasteiger partial charge in [0.2, 0.25) is 0 Å². The van der Waals surface area contributed by atoms with Crippen molar-refractivity contribution in [1.82, 2.24) is 60.6 Å². The fourth-order valence-electron chi connectivity index (χ4n) is 7.63. The number of alkyl carbamates (subject to hydrolysis) is 2. The lowest BCUT2D eigenvalue weighted by Gasteiger charge is -2.33. The van der Waals surface area contributed by atoms with Crippen LogP contribution >= 0.6 is 11.6 Å². The molecule has 2 fully saturated rings. The Bertz CT molecular complexity index is 2780. The van der Waals surface area contributed by atoms with Crippen LogP contribution in [0.3, 0.4) is 0 Å². The predicted octanol–water partition coefficient (Wildman–Crippen LogP) is 6.48. The Morgan fingerprint density at radius 2 is 1.07 bits per heavy atom. The van der Waals surface area contributed by atoms with Crippen molar-refractivity contribution in [2.75, 3.05) is 16.0 Å². The molecule has 4 amide bonds. The van der Waals surface area contributed by atoms with Crippen LogP contribution < -0.4 is 43.8 Å². The number of aromatic nitrogens is 10. The van der Waals surface area contributed by atoms with Crippen molar-refractivity contribution in [2.24, 2.45) is 17.2 Å². The molecular formula is C48H63ClN18O6. The number of halogens is 1. The molecule has 2 aliphatic rings. The number of rotatable bonds is 12. The second-order valence-corrected chi connectivity index (χ2v) is 19.4. The van der Waals surface area contributed by atoms with Crippen LogP contribution in [-0.4, -0.2) is 109 Å². The zero-order valence-corrected chi connectivity index (χ0v) is 42.3. The molecule has 11 N–H and O–H groups in total. The van der Waals surface area contributed by atoms with Gasteiger partial charge in [-0.1, -0.05) is 49.4 Å². The van der Waals surface area contributed by atoms with Crippen molar-refractivity contribution in [3.05, 3.63) is 102 Å². The highest BCUT2D eigenvalue weighted by atomic mass is 35.5. The van der Waals surface area contributed by atoms with Gasteiger partial charge < -0.3 is 53.3 Å². The van der Waals surface area contributed by atoms with Crippen molar-refractivity contribution in [3.63, 3.8) is 0 Å². The number of primary amides is 2. The first kappa shape index (κ1) is 54.3. The van der Waals surface area contributed by atoms with Crippen molar-refractivity contribution in [3.8, 4) is 11.6 Å². The molecule has 6 heterocycles. The molecule has 0 bridgehead atoms. The van der Waals surface area contributed by atoms with Crippen molar-refractivity contribution >= 4 is 64.4 Å². The number of nitrogens with two attached hydrogens (primary N) is 3. The molecule has 25 heteroatoms. The van der Waals surface area contributed by atoms with Crippen LogP contribution in [-0.2, 0) is 9.47 Å². The fourth-order valence-corrected chi connectivity index (χ4v) is 7.78. The Hall–Kier alpha value is -7.99. The van der Waals surface area contributed by atoms with Crippen molar-refractivity contribution < 1.29 is 28.7 Å². The first-order chi connectivity index (χ1) is 34.7. The van der Waals surface area contributed by atoms with Gasteiger partial charge in [-0.05, 0) is 104 Å². The lowest BCUT2D eigenvalue weighted by Crippen LogP contribution is -2.50. The molecule has 73 heavy (non-hydrogen) atoms. The van der Waals surface area contributed by atoms with Crippen molar-refractivity contribution in [1.29, 1.82) is 0 Å². The third-order valence-electron chi connectivity index (χ3n) is 10.8. The Morgan fingerprint density at radius 1 is 0.603 bits per heavy atom. The smallest absolute Gasteiger partial charge is 0.407 e. The summed E-state index contributed by atoms with van der Waals surface area (Å²) in [6, 6.07) is 17.3. The first-order valence-corrected chi connectivity index (χ1v) is 24.1. The van der Waals surface area contributed by atoms with Gasteiger partial charge in [-0.2, -0.15) is 10.2 Å². The molecule has 4 atom stereocenters. The summed E-state index contributed by atoms with van der Waals surface area (Å²) < 4.78 is 13.8. The molecule has 2 aliphatic carbocycles. The maximum atomic E-state index is 12.4. The van der Waals surface area contributed by atoms with Crippen LogP contribution in [0.5, 0.6) is 0 Å². The Labute approximate surface area is 427 Å². The molecule has 0 radical (unpaired) electrons. The summed E-state index contributed by atoms with van der Waals surface area (Å²) in [6.45, 7) is 11.0. The average molecular weight is 1020 g/mol. The predicted molar refractivity (Wildman–Crippen MR) is 274 cm³/mol. The second kappa shape index (κ2) is 24.9. The van der Waals surface area contributed by atoms with E-state index in [4.69, 9.17) is 38.3 Å². The van der Waals surface area contributed by atoms with Crippen LogP contribution in [0, 0.1) is 0 Å². The molecule has 0 aliphatic heterocycles. The van der Waals surface area contributed by atoms with Gasteiger partial charge in [0, 0.05) is 55.0 Å². The summed E-state index contributed by atoms with van der Waals surface area (Å²) in [4.78, 5) is 56.2. The third kappa shape index (κ3) is 17.1. The molecule has 0 aromatic carbocycles.